The van der Waals surface area contributed by atoms with Gasteiger partial charge in [-0.2, -0.15) is 0 Å². The van der Waals surface area contributed by atoms with E-state index < -0.39 is 0 Å². The number of anilines is 1. The number of para-hydroxylation sites is 1. The zero-order chi connectivity index (χ0) is 20.1. The van der Waals surface area contributed by atoms with Crippen molar-refractivity contribution in [2.24, 2.45) is 7.05 Å². The zero-order valence-electron chi connectivity index (χ0n) is 15.2. The van der Waals surface area contributed by atoms with Gasteiger partial charge in [0.25, 0.3) is 0 Å². The Morgan fingerprint density at radius 1 is 1.29 bits per heavy atom. The summed E-state index contributed by atoms with van der Waals surface area (Å²) in [5.74, 6) is 1.50. The molecule has 146 valence electrons. The van der Waals surface area contributed by atoms with Crippen LogP contribution in [-0.4, -0.2) is 26.4 Å². The molecule has 0 aliphatic carbocycles. The van der Waals surface area contributed by atoms with Gasteiger partial charge in [-0.1, -0.05) is 41.6 Å². The molecule has 0 radical (unpaired) electrons. The second-order valence-corrected chi connectivity index (χ2v) is 8.14. The Morgan fingerprint density at radius 2 is 2.04 bits per heavy atom. The summed E-state index contributed by atoms with van der Waals surface area (Å²) in [6, 6.07) is 14.8. The van der Waals surface area contributed by atoms with E-state index in [4.69, 9.17) is 16.3 Å². The van der Waals surface area contributed by atoms with Crippen LogP contribution < -0.4 is 10.1 Å². The first-order chi connectivity index (χ1) is 13.4. The Balaban J connectivity index is 1.57. The number of amides is 1. The molecule has 28 heavy (non-hydrogen) atoms. The van der Waals surface area contributed by atoms with Crippen molar-refractivity contribution < 1.29 is 9.53 Å². The molecule has 1 amide bonds. The van der Waals surface area contributed by atoms with E-state index in [-0.39, 0.29) is 17.8 Å². The summed E-state index contributed by atoms with van der Waals surface area (Å²) in [6.45, 7) is 1.91. The van der Waals surface area contributed by atoms with Gasteiger partial charge >= 0.3 is 0 Å². The maximum absolute atomic E-state index is 12.2. The van der Waals surface area contributed by atoms with E-state index in [1.54, 1.807) is 18.2 Å². The minimum absolute atomic E-state index is 0.151. The van der Waals surface area contributed by atoms with Crippen LogP contribution in [-0.2, 0) is 11.8 Å². The van der Waals surface area contributed by atoms with Crippen molar-refractivity contribution in [3.05, 3.63) is 63.9 Å². The van der Waals surface area contributed by atoms with Crippen LogP contribution in [0.4, 0.5) is 5.69 Å². The van der Waals surface area contributed by atoms with Crippen molar-refractivity contribution in [2.75, 3.05) is 11.1 Å². The fourth-order valence-electron chi connectivity index (χ4n) is 2.46. The summed E-state index contributed by atoms with van der Waals surface area (Å²) in [5, 5.41) is 12.4. The molecule has 0 spiro atoms. The lowest BCUT2D eigenvalue weighted by molar-refractivity contribution is -0.113. The molecule has 0 aliphatic heterocycles. The summed E-state index contributed by atoms with van der Waals surface area (Å²) < 4.78 is 8.50. The van der Waals surface area contributed by atoms with Crippen molar-refractivity contribution in [2.45, 2.75) is 18.2 Å². The number of carbonyl (C=O) groups excluding carboxylic acids is 1. The molecule has 0 saturated heterocycles. The fourth-order valence-corrected chi connectivity index (χ4v) is 3.61. The standard InChI is InChI=1S/C19H18BrClN4O2S/c1-12(27-14-6-4-3-5-7-14)18-23-24-19(25(18)2)28-11-17(26)22-13-8-9-15(20)16(21)10-13/h3-10,12H,11H2,1-2H3,(H,22,26)/t12-/m1/s1. The van der Waals surface area contributed by atoms with Crippen LogP contribution in [0.5, 0.6) is 5.75 Å². The van der Waals surface area contributed by atoms with Gasteiger partial charge in [-0.15, -0.1) is 10.2 Å². The van der Waals surface area contributed by atoms with E-state index in [0.717, 1.165) is 10.2 Å². The fraction of sp³-hybridized carbons (Fsp3) is 0.211. The van der Waals surface area contributed by atoms with E-state index in [0.29, 0.717) is 21.7 Å². The second-order valence-electron chi connectivity index (χ2n) is 5.94. The average molecular weight is 482 g/mol. The lowest BCUT2D eigenvalue weighted by Gasteiger charge is -2.14. The number of hydrogen-bond acceptors (Lipinski definition) is 5. The van der Waals surface area contributed by atoms with Crippen LogP contribution in [0.3, 0.4) is 0 Å². The van der Waals surface area contributed by atoms with Gasteiger partial charge in [0.1, 0.15) is 5.75 Å². The molecule has 1 N–H and O–H groups in total. The predicted octanol–water partition coefficient (Wildman–Crippen LogP) is 5.10. The first-order valence-electron chi connectivity index (χ1n) is 8.42. The van der Waals surface area contributed by atoms with E-state index in [1.807, 2.05) is 48.9 Å². The Labute approximate surface area is 180 Å². The van der Waals surface area contributed by atoms with E-state index >= 15 is 0 Å². The van der Waals surface area contributed by atoms with Gasteiger partial charge < -0.3 is 14.6 Å². The quantitative estimate of drug-likeness (QED) is 0.475. The molecule has 1 atom stereocenters. The maximum atomic E-state index is 12.2. The number of carbonyl (C=O) groups is 1. The lowest BCUT2D eigenvalue weighted by atomic mass is 10.3. The molecule has 9 heteroatoms. The molecule has 2 aromatic carbocycles. The monoisotopic (exact) mass is 480 g/mol. The molecule has 6 nitrogen and oxygen atoms in total. The van der Waals surface area contributed by atoms with Gasteiger partial charge in [-0.25, -0.2) is 0 Å². The van der Waals surface area contributed by atoms with E-state index in [2.05, 4.69) is 31.4 Å². The minimum Gasteiger partial charge on any atom is -0.483 e. The largest absolute Gasteiger partial charge is 0.483 e. The molecule has 3 rings (SSSR count). The first kappa shape index (κ1) is 20.7. The molecule has 1 heterocycles. The van der Waals surface area contributed by atoms with Crippen LogP contribution in [0.15, 0.2) is 58.2 Å². The number of hydrogen-bond donors (Lipinski definition) is 1. The smallest absolute Gasteiger partial charge is 0.234 e. The Hall–Kier alpha value is -2.03. The van der Waals surface area contributed by atoms with Gasteiger partial charge in [0.2, 0.25) is 5.91 Å². The van der Waals surface area contributed by atoms with Crippen molar-refractivity contribution >= 4 is 50.9 Å². The molecular weight excluding hydrogens is 464 g/mol. The van der Waals surface area contributed by atoms with Crippen LogP contribution in [0.2, 0.25) is 5.02 Å². The summed E-state index contributed by atoms with van der Waals surface area (Å²) >= 11 is 10.7. The topological polar surface area (TPSA) is 69.0 Å². The molecular formula is C19H18BrClN4O2S. The van der Waals surface area contributed by atoms with Crippen molar-refractivity contribution in [1.82, 2.24) is 14.8 Å². The third kappa shape index (κ3) is 5.27. The highest BCUT2D eigenvalue weighted by Gasteiger charge is 2.18. The molecule has 3 aromatic rings. The third-order valence-electron chi connectivity index (χ3n) is 3.82. The number of benzene rings is 2. The summed E-state index contributed by atoms with van der Waals surface area (Å²) in [6.07, 6.45) is -0.270. The molecule has 0 unspecified atom stereocenters. The summed E-state index contributed by atoms with van der Waals surface area (Å²) in [4.78, 5) is 12.2. The molecule has 0 saturated carbocycles. The lowest BCUT2D eigenvalue weighted by Crippen LogP contribution is -2.15. The van der Waals surface area contributed by atoms with Gasteiger partial charge in [-0.3, -0.25) is 4.79 Å². The number of halogens is 2. The highest BCUT2D eigenvalue weighted by Crippen LogP contribution is 2.26. The molecule has 0 bridgehead atoms. The number of nitrogens with zero attached hydrogens (tertiary/aromatic N) is 3. The Bertz CT molecular complexity index is 968. The number of rotatable bonds is 7. The summed E-state index contributed by atoms with van der Waals surface area (Å²) in [7, 11) is 1.86. The maximum Gasteiger partial charge on any atom is 0.234 e. The summed E-state index contributed by atoms with van der Waals surface area (Å²) in [5.41, 5.74) is 0.641. The Kier molecular flexibility index (Phi) is 6.98. The van der Waals surface area contributed by atoms with Gasteiger partial charge in [-0.05, 0) is 53.2 Å². The molecule has 0 fully saturated rings. The van der Waals surface area contributed by atoms with Gasteiger partial charge in [0.05, 0.1) is 10.8 Å². The number of aromatic nitrogens is 3. The van der Waals surface area contributed by atoms with Crippen LogP contribution >= 0.6 is 39.3 Å². The van der Waals surface area contributed by atoms with Gasteiger partial charge in [0, 0.05) is 17.2 Å². The highest BCUT2D eigenvalue weighted by molar-refractivity contribution is 9.10. The van der Waals surface area contributed by atoms with Crippen LogP contribution in [0.25, 0.3) is 0 Å². The predicted molar refractivity (Wildman–Crippen MR) is 115 cm³/mol. The van der Waals surface area contributed by atoms with Crippen molar-refractivity contribution in [3.63, 3.8) is 0 Å². The third-order valence-corrected chi connectivity index (χ3v) is 6.08. The first-order valence-corrected chi connectivity index (χ1v) is 10.6. The Morgan fingerprint density at radius 3 is 2.75 bits per heavy atom. The van der Waals surface area contributed by atoms with E-state index in [1.165, 1.54) is 11.8 Å². The molecule has 0 aliphatic rings. The number of thioether (sulfide) groups is 1. The molecule has 1 aromatic heterocycles. The minimum atomic E-state index is -0.270. The normalized spacial score (nSPS) is 11.9. The number of ether oxygens (including phenoxy) is 1. The average Bonchev–Trinajstić information content (AvgIpc) is 3.04. The van der Waals surface area contributed by atoms with E-state index in [9.17, 15) is 4.79 Å². The second kappa shape index (κ2) is 9.45. The van der Waals surface area contributed by atoms with Crippen molar-refractivity contribution in [1.29, 1.82) is 0 Å². The zero-order valence-corrected chi connectivity index (χ0v) is 18.4. The number of nitrogens with one attached hydrogen (secondary N) is 1. The van der Waals surface area contributed by atoms with Crippen molar-refractivity contribution in [3.8, 4) is 5.75 Å². The van der Waals surface area contributed by atoms with Gasteiger partial charge in [0.15, 0.2) is 17.1 Å². The van der Waals surface area contributed by atoms with Crippen LogP contribution in [0, 0.1) is 0 Å². The SMILES string of the molecule is C[C@@H](Oc1ccccc1)c1nnc(SCC(=O)Nc2ccc(Br)c(Cl)c2)n1C. The van der Waals surface area contributed by atoms with Crippen LogP contribution in [0.1, 0.15) is 18.9 Å². The highest BCUT2D eigenvalue weighted by atomic mass is 79.9.